The minimum atomic E-state index is -0.142. The van der Waals surface area contributed by atoms with E-state index in [-0.39, 0.29) is 17.4 Å². The van der Waals surface area contributed by atoms with Crippen molar-refractivity contribution >= 4 is 11.6 Å². The van der Waals surface area contributed by atoms with Gasteiger partial charge in [-0.1, -0.05) is 57.5 Å². The van der Waals surface area contributed by atoms with Crippen LogP contribution in [-0.2, 0) is 5.41 Å². The van der Waals surface area contributed by atoms with Crippen molar-refractivity contribution < 1.29 is 4.79 Å². The number of aromatic nitrogens is 3. The molecule has 2 atom stereocenters. The highest BCUT2D eigenvalue weighted by Gasteiger charge is 2.37. The fourth-order valence-corrected chi connectivity index (χ4v) is 4.51. The van der Waals surface area contributed by atoms with E-state index in [2.05, 4.69) is 74.0 Å². The van der Waals surface area contributed by atoms with Crippen LogP contribution in [0, 0.1) is 6.92 Å². The quantitative estimate of drug-likeness (QED) is 0.649. The molecule has 1 aromatic carbocycles. The number of carbonyl (C=O) groups excluding carboxylic acids is 1. The fourth-order valence-electron chi connectivity index (χ4n) is 4.51. The summed E-state index contributed by atoms with van der Waals surface area (Å²) in [7, 11) is 0. The van der Waals surface area contributed by atoms with Crippen LogP contribution in [0.25, 0.3) is 5.65 Å². The van der Waals surface area contributed by atoms with E-state index >= 15 is 0 Å². The lowest BCUT2D eigenvalue weighted by Gasteiger charge is -2.28. The van der Waals surface area contributed by atoms with Gasteiger partial charge in [0.25, 0.3) is 5.91 Å². The molecule has 29 heavy (non-hydrogen) atoms. The van der Waals surface area contributed by atoms with Gasteiger partial charge in [-0.2, -0.15) is 0 Å². The Hall–Kier alpha value is -2.69. The highest BCUT2D eigenvalue weighted by Crippen LogP contribution is 2.36. The molecule has 3 heterocycles. The fraction of sp³-hybridized carbons (Fsp3) is 0.458. The van der Waals surface area contributed by atoms with Gasteiger partial charge in [0.1, 0.15) is 5.82 Å². The Morgan fingerprint density at radius 2 is 1.83 bits per heavy atom. The van der Waals surface area contributed by atoms with Gasteiger partial charge in [0.2, 0.25) is 0 Å². The molecule has 0 aliphatic carbocycles. The molecule has 0 saturated carbocycles. The predicted molar refractivity (Wildman–Crippen MR) is 115 cm³/mol. The van der Waals surface area contributed by atoms with E-state index in [0.717, 1.165) is 30.9 Å². The molecule has 5 nitrogen and oxygen atoms in total. The third-order valence-corrected chi connectivity index (χ3v) is 6.05. The maximum absolute atomic E-state index is 13.4. The van der Waals surface area contributed by atoms with Crippen LogP contribution in [0.15, 0.2) is 42.6 Å². The molecule has 1 fully saturated rings. The highest BCUT2D eigenvalue weighted by molar-refractivity contribution is 5.94. The first kappa shape index (κ1) is 19.6. The molecule has 1 aliphatic rings. The van der Waals surface area contributed by atoms with Crippen molar-refractivity contribution in [3.63, 3.8) is 0 Å². The largest absolute Gasteiger partial charge is 0.335 e. The van der Waals surface area contributed by atoms with Crippen molar-refractivity contribution in [3.05, 3.63) is 65.1 Å². The van der Waals surface area contributed by atoms with E-state index in [1.54, 1.807) is 0 Å². The number of hydrogen-bond donors (Lipinski definition) is 0. The molecular formula is C24H30N4O. The molecule has 2 unspecified atom stereocenters. The van der Waals surface area contributed by atoms with Crippen molar-refractivity contribution in [1.82, 2.24) is 19.5 Å². The summed E-state index contributed by atoms with van der Waals surface area (Å²) < 4.78 is 1.96. The summed E-state index contributed by atoms with van der Waals surface area (Å²) in [5.41, 5.74) is 3.94. The maximum Gasteiger partial charge on any atom is 0.255 e. The number of nitrogens with zero attached hydrogens (tertiary/aromatic N) is 4. The molecule has 3 aromatic rings. The first-order chi connectivity index (χ1) is 13.8. The zero-order valence-corrected chi connectivity index (χ0v) is 18.0. The van der Waals surface area contributed by atoms with Gasteiger partial charge in [0.05, 0.1) is 5.56 Å². The van der Waals surface area contributed by atoms with Gasteiger partial charge in [-0.05, 0) is 37.5 Å². The second-order valence-electron chi connectivity index (χ2n) is 9.20. The zero-order chi connectivity index (χ0) is 20.8. The number of benzene rings is 1. The SMILES string of the molecule is CCC1C(c2ccc(C)cc2)CCN1C(=O)c1ccc2nnc(C(C)(C)C)n2c1. The molecule has 0 spiro atoms. The molecule has 152 valence electrons. The number of amides is 1. The van der Waals surface area contributed by atoms with Gasteiger partial charge in [0, 0.05) is 30.1 Å². The van der Waals surface area contributed by atoms with Gasteiger partial charge in [0.15, 0.2) is 5.65 Å². The molecule has 4 rings (SSSR count). The lowest BCUT2D eigenvalue weighted by Crippen LogP contribution is -2.37. The summed E-state index contributed by atoms with van der Waals surface area (Å²) >= 11 is 0. The first-order valence-electron chi connectivity index (χ1n) is 10.5. The molecule has 0 radical (unpaired) electrons. The van der Waals surface area contributed by atoms with Crippen molar-refractivity contribution in [1.29, 1.82) is 0 Å². The van der Waals surface area contributed by atoms with Crippen LogP contribution in [0.2, 0.25) is 0 Å². The smallest absolute Gasteiger partial charge is 0.255 e. The maximum atomic E-state index is 13.4. The number of hydrogen-bond acceptors (Lipinski definition) is 3. The number of rotatable bonds is 3. The Kier molecular flexibility index (Phi) is 4.93. The normalized spacial score (nSPS) is 19.8. The van der Waals surface area contributed by atoms with Crippen molar-refractivity contribution in [2.45, 2.75) is 64.8 Å². The summed E-state index contributed by atoms with van der Waals surface area (Å²) in [5.74, 6) is 1.36. The molecule has 0 bridgehead atoms. The minimum absolute atomic E-state index is 0.0990. The highest BCUT2D eigenvalue weighted by atomic mass is 16.2. The molecule has 1 aliphatic heterocycles. The number of aryl methyl sites for hydroxylation is 1. The van der Waals surface area contributed by atoms with E-state index in [4.69, 9.17) is 0 Å². The Bertz CT molecular complexity index is 1030. The second-order valence-corrected chi connectivity index (χ2v) is 9.20. The third kappa shape index (κ3) is 3.54. The van der Waals surface area contributed by atoms with Gasteiger partial charge >= 0.3 is 0 Å². The summed E-state index contributed by atoms with van der Waals surface area (Å²) in [6.07, 6.45) is 3.87. The van der Waals surface area contributed by atoms with Gasteiger partial charge in [-0.25, -0.2) is 0 Å². The molecule has 2 aromatic heterocycles. The van der Waals surface area contributed by atoms with Gasteiger partial charge in [-0.3, -0.25) is 9.20 Å². The minimum Gasteiger partial charge on any atom is -0.335 e. The van der Waals surface area contributed by atoms with Crippen LogP contribution in [-0.4, -0.2) is 38.0 Å². The lowest BCUT2D eigenvalue weighted by molar-refractivity contribution is 0.0726. The lowest BCUT2D eigenvalue weighted by atomic mass is 9.90. The van der Waals surface area contributed by atoms with Crippen molar-refractivity contribution in [2.24, 2.45) is 0 Å². The first-order valence-corrected chi connectivity index (χ1v) is 10.5. The molecule has 0 N–H and O–H groups in total. The van der Waals surface area contributed by atoms with Crippen LogP contribution in [0.1, 0.15) is 73.8 Å². The summed E-state index contributed by atoms with van der Waals surface area (Å²) in [4.78, 5) is 15.5. The second kappa shape index (κ2) is 7.29. The Morgan fingerprint density at radius 1 is 1.10 bits per heavy atom. The Morgan fingerprint density at radius 3 is 2.48 bits per heavy atom. The van der Waals surface area contributed by atoms with E-state index in [0.29, 0.717) is 11.5 Å². The van der Waals surface area contributed by atoms with Crippen molar-refractivity contribution in [3.8, 4) is 0 Å². The van der Waals surface area contributed by atoms with Crippen LogP contribution in [0.3, 0.4) is 0 Å². The van der Waals surface area contributed by atoms with Gasteiger partial charge in [-0.15, -0.1) is 10.2 Å². The Labute approximate surface area is 172 Å². The van der Waals surface area contributed by atoms with Crippen molar-refractivity contribution in [2.75, 3.05) is 6.54 Å². The number of pyridine rings is 1. The van der Waals surface area contributed by atoms with Crippen LogP contribution < -0.4 is 0 Å². The molecule has 1 amide bonds. The summed E-state index contributed by atoms with van der Waals surface area (Å²) in [6.45, 7) is 11.4. The van der Waals surface area contributed by atoms with Gasteiger partial charge < -0.3 is 4.90 Å². The molecule has 1 saturated heterocycles. The summed E-state index contributed by atoms with van der Waals surface area (Å²) in [6, 6.07) is 12.8. The van der Waals surface area contributed by atoms with E-state index in [1.165, 1.54) is 11.1 Å². The number of likely N-dealkylation sites (tertiary alicyclic amines) is 1. The van der Waals surface area contributed by atoms with E-state index in [1.807, 2.05) is 22.7 Å². The predicted octanol–water partition coefficient (Wildman–Crippen LogP) is 4.74. The van der Waals surface area contributed by atoms with Crippen LogP contribution in [0.4, 0.5) is 0 Å². The average Bonchev–Trinajstić information content (AvgIpc) is 3.31. The van der Waals surface area contributed by atoms with Crippen LogP contribution >= 0.6 is 0 Å². The van der Waals surface area contributed by atoms with Crippen LogP contribution in [0.5, 0.6) is 0 Å². The van der Waals surface area contributed by atoms with E-state index < -0.39 is 0 Å². The zero-order valence-electron chi connectivity index (χ0n) is 18.0. The standard InChI is InChI=1S/C24H30N4O/c1-6-20-19(17-9-7-16(2)8-10-17)13-14-27(20)22(29)18-11-12-21-25-26-23(24(3,4)5)28(21)15-18/h7-12,15,19-20H,6,13-14H2,1-5H3. The number of fused-ring (bicyclic) bond motifs is 1. The monoisotopic (exact) mass is 390 g/mol. The average molecular weight is 391 g/mol. The topological polar surface area (TPSA) is 50.5 Å². The number of carbonyl (C=O) groups is 1. The molecule has 5 heteroatoms. The molecular weight excluding hydrogens is 360 g/mol. The summed E-state index contributed by atoms with van der Waals surface area (Å²) in [5, 5.41) is 8.60. The van der Waals surface area contributed by atoms with E-state index in [9.17, 15) is 4.79 Å². The third-order valence-electron chi connectivity index (χ3n) is 6.05. The Balaban J connectivity index is 1.64.